The molecular formula is C27H35NO4. The molecule has 5 nitrogen and oxygen atoms in total. The van der Waals surface area contributed by atoms with Crippen molar-refractivity contribution in [1.82, 2.24) is 4.90 Å². The molecule has 2 aromatic carbocycles. The Bertz CT molecular complexity index is 927. The summed E-state index contributed by atoms with van der Waals surface area (Å²) in [5.74, 6) is 2.82. The van der Waals surface area contributed by atoms with E-state index in [4.69, 9.17) is 14.2 Å². The molecule has 2 aliphatic rings. The van der Waals surface area contributed by atoms with E-state index < -0.39 is 0 Å². The van der Waals surface area contributed by atoms with Crippen LogP contribution in [0, 0.1) is 17.8 Å². The van der Waals surface area contributed by atoms with Gasteiger partial charge in [0.2, 0.25) is 0 Å². The van der Waals surface area contributed by atoms with Gasteiger partial charge in [-0.2, -0.15) is 0 Å². The Kier molecular flexibility index (Phi) is 7.04. The van der Waals surface area contributed by atoms with Crippen LogP contribution in [0.5, 0.6) is 11.5 Å². The van der Waals surface area contributed by atoms with E-state index in [0.717, 1.165) is 43.9 Å². The van der Waals surface area contributed by atoms with E-state index in [-0.39, 0.29) is 5.97 Å². The van der Waals surface area contributed by atoms with Gasteiger partial charge in [0, 0.05) is 19.1 Å². The van der Waals surface area contributed by atoms with Gasteiger partial charge in [-0.25, -0.2) is 4.79 Å². The quantitative estimate of drug-likeness (QED) is 0.561. The summed E-state index contributed by atoms with van der Waals surface area (Å²) in [7, 11) is 3.38. The number of carbonyl (C=O) groups excluding carboxylic acids is 1. The van der Waals surface area contributed by atoms with Gasteiger partial charge in [0.15, 0.2) is 11.5 Å². The second-order valence-electron chi connectivity index (χ2n) is 9.52. The molecule has 3 atom stereocenters. The molecule has 0 bridgehead atoms. The van der Waals surface area contributed by atoms with Gasteiger partial charge in [0.05, 0.1) is 26.4 Å². The molecule has 4 rings (SSSR count). The second-order valence-corrected chi connectivity index (χ2v) is 9.52. The van der Waals surface area contributed by atoms with Gasteiger partial charge in [-0.1, -0.05) is 32.0 Å². The maximum Gasteiger partial charge on any atom is 0.338 e. The highest BCUT2D eigenvalue weighted by atomic mass is 16.5. The van der Waals surface area contributed by atoms with E-state index in [2.05, 4.69) is 30.9 Å². The minimum absolute atomic E-state index is 0.230. The largest absolute Gasteiger partial charge is 0.493 e. The standard InChI is InChI=1S/C27H35NO4/c1-18(2)12-21-16-28-11-10-20-14-25(30-3)26(31-4)15-23(20)24(28)13-22(21)17-32-27(29)19-8-6-5-7-9-19/h5-9,14-15,18,21-22,24H,10-13,16-17H2,1-4H3/t21-,22?,24-/m1/s1. The number of hydrogen-bond donors (Lipinski definition) is 0. The lowest BCUT2D eigenvalue weighted by Crippen LogP contribution is -2.47. The van der Waals surface area contributed by atoms with Crippen molar-refractivity contribution in [3.05, 3.63) is 59.2 Å². The molecule has 1 fully saturated rings. The molecule has 172 valence electrons. The zero-order valence-electron chi connectivity index (χ0n) is 19.7. The number of esters is 1. The third kappa shape index (κ3) is 4.78. The number of hydrogen-bond acceptors (Lipinski definition) is 5. The van der Waals surface area contributed by atoms with Gasteiger partial charge in [0.25, 0.3) is 0 Å². The Labute approximate surface area is 191 Å². The first kappa shape index (κ1) is 22.7. The monoisotopic (exact) mass is 437 g/mol. The number of nitrogens with zero attached hydrogens (tertiary/aromatic N) is 1. The van der Waals surface area contributed by atoms with Gasteiger partial charge < -0.3 is 14.2 Å². The van der Waals surface area contributed by atoms with Crippen molar-refractivity contribution in [2.45, 2.75) is 39.2 Å². The molecule has 2 heterocycles. The fourth-order valence-electron chi connectivity index (χ4n) is 5.42. The number of fused-ring (bicyclic) bond motifs is 3. The van der Waals surface area contributed by atoms with Crippen LogP contribution < -0.4 is 9.47 Å². The van der Waals surface area contributed by atoms with E-state index in [1.165, 1.54) is 11.1 Å². The summed E-state index contributed by atoms with van der Waals surface area (Å²) in [5, 5.41) is 0. The lowest BCUT2D eigenvalue weighted by molar-refractivity contribution is 0.0000187. The third-order valence-corrected chi connectivity index (χ3v) is 6.99. The van der Waals surface area contributed by atoms with Crippen LogP contribution in [-0.2, 0) is 11.2 Å². The Hall–Kier alpha value is -2.53. The molecule has 0 aromatic heterocycles. The van der Waals surface area contributed by atoms with Crippen molar-refractivity contribution in [2.24, 2.45) is 17.8 Å². The highest BCUT2D eigenvalue weighted by Gasteiger charge is 2.40. The molecule has 0 saturated carbocycles. The number of piperidine rings is 1. The summed E-state index contributed by atoms with van der Waals surface area (Å²) in [6, 6.07) is 13.9. The van der Waals surface area contributed by atoms with E-state index in [1.807, 2.05) is 30.3 Å². The first-order chi connectivity index (χ1) is 15.5. The van der Waals surface area contributed by atoms with E-state index in [1.54, 1.807) is 14.2 Å². The van der Waals surface area contributed by atoms with Crippen LogP contribution >= 0.6 is 0 Å². The maximum atomic E-state index is 12.6. The first-order valence-corrected chi connectivity index (χ1v) is 11.7. The summed E-state index contributed by atoms with van der Waals surface area (Å²) >= 11 is 0. The van der Waals surface area contributed by atoms with Crippen LogP contribution in [-0.4, -0.2) is 44.8 Å². The fraction of sp³-hybridized carbons (Fsp3) is 0.519. The topological polar surface area (TPSA) is 48.0 Å². The molecule has 5 heteroatoms. The van der Waals surface area contributed by atoms with Crippen molar-refractivity contribution in [3.8, 4) is 11.5 Å². The second kappa shape index (κ2) is 9.95. The summed E-state index contributed by atoms with van der Waals surface area (Å²) in [5.41, 5.74) is 3.28. The summed E-state index contributed by atoms with van der Waals surface area (Å²) in [6.45, 7) is 7.13. The minimum atomic E-state index is -0.230. The molecule has 0 aliphatic carbocycles. The van der Waals surface area contributed by atoms with Gasteiger partial charge in [-0.05, 0) is 72.4 Å². The summed E-state index contributed by atoms with van der Waals surface area (Å²) in [6.07, 6.45) is 3.16. The van der Waals surface area contributed by atoms with Crippen LogP contribution in [0.4, 0.5) is 0 Å². The fourth-order valence-corrected chi connectivity index (χ4v) is 5.42. The zero-order chi connectivity index (χ0) is 22.7. The van der Waals surface area contributed by atoms with Gasteiger partial charge >= 0.3 is 5.97 Å². The average molecular weight is 438 g/mol. The number of carbonyl (C=O) groups is 1. The zero-order valence-corrected chi connectivity index (χ0v) is 19.7. The van der Waals surface area contributed by atoms with Crippen molar-refractivity contribution in [1.29, 1.82) is 0 Å². The van der Waals surface area contributed by atoms with E-state index in [0.29, 0.717) is 36.0 Å². The highest BCUT2D eigenvalue weighted by Crippen LogP contribution is 2.45. The predicted octanol–water partition coefficient (Wildman–Crippen LogP) is 5.14. The Balaban J connectivity index is 1.55. The SMILES string of the molecule is COc1cc2c(cc1OC)[C@H]1CC(COC(=O)c3ccccc3)[C@H](CC(C)C)CN1CC2. The van der Waals surface area contributed by atoms with Crippen molar-refractivity contribution < 1.29 is 19.0 Å². The van der Waals surface area contributed by atoms with Crippen LogP contribution in [0.1, 0.15) is 54.2 Å². The van der Waals surface area contributed by atoms with E-state index >= 15 is 0 Å². The third-order valence-electron chi connectivity index (χ3n) is 6.99. The predicted molar refractivity (Wildman–Crippen MR) is 125 cm³/mol. The first-order valence-electron chi connectivity index (χ1n) is 11.7. The number of rotatable bonds is 7. The maximum absolute atomic E-state index is 12.6. The normalized spacial score (nSPS) is 22.7. The molecule has 0 spiro atoms. The van der Waals surface area contributed by atoms with Crippen LogP contribution in [0.2, 0.25) is 0 Å². The smallest absolute Gasteiger partial charge is 0.338 e. The molecule has 2 aromatic rings. The minimum Gasteiger partial charge on any atom is -0.493 e. The highest BCUT2D eigenvalue weighted by molar-refractivity contribution is 5.89. The Morgan fingerprint density at radius 3 is 2.47 bits per heavy atom. The van der Waals surface area contributed by atoms with Gasteiger partial charge in [-0.3, -0.25) is 4.90 Å². The summed E-state index contributed by atoms with van der Waals surface area (Å²) in [4.78, 5) is 15.2. The Morgan fingerprint density at radius 2 is 1.78 bits per heavy atom. The van der Waals surface area contributed by atoms with Crippen LogP contribution in [0.3, 0.4) is 0 Å². The van der Waals surface area contributed by atoms with Crippen LogP contribution in [0.15, 0.2) is 42.5 Å². The van der Waals surface area contributed by atoms with Gasteiger partial charge in [0.1, 0.15) is 0 Å². The Morgan fingerprint density at radius 1 is 1.06 bits per heavy atom. The van der Waals surface area contributed by atoms with Crippen molar-refractivity contribution in [3.63, 3.8) is 0 Å². The number of benzene rings is 2. The lowest BCUT2D eigenvalue weighted by Gasteiger charge is -2.47. The summed E-state index contributed by atoms with van der Waals surface area (Å²) < 4.78 is 17.0. The molecule has 0 amide bonds. The molecule has 0 N–H and O–H groups in total. The number of ether oxygens (including phenoxy) is 3. The van der Waals surface area contributed by atoms with Crippen molar-refractivity contribution >= 4 is 5.97 Å². The molecule has 2 aliphatic heterocycles. The number of methoxy groups -OCH3 is 2. The van der Waals surface area contributed by atoms with E-state index in [9.17, 15) is 4.79 Å². The van der Waals surface area contributed by atoms with Crippen LogP contribution in [0.25, 0.3) is 0 Å². The molecule has 1 saturated heterocycles. The van der Waals surface area contributed by atoms with Crippen molar-refractivity contribution in [2.75, 3.05) is 33.9 Å². The molecule has 32 heavy (non-hydrogen) atoms. The lowest BCUT2D eigenvalue weighted by atomic mass is 9.74. The molecule has 1 unspecified atom stereocenters. The molecule has 0 radical (unpaired) electrons. The average Bonchev–Trinajstić information content (AvgIpc) is 2.81. The van der Waals surface area contributed by atoms with Gasteiger partial charge in [-0.15, -0.1) is 0 Å². The molecular weight excluding hydrogens is 402 g/mol.